The number of aliphatic hydroxyl groups excluding tert-OH is 1. The van der Waals surface area contributed by atoms with Crippen molar-refractivity contribution in [3.05, 3.63) is 59.9 Å². The Labute approximate surface area is 125 Å². The predicted octanol–water partition coefficient (Wildman–Crippen LogP) is 1.90. The first-order chi connectivity index (χ1) is 10.3. The van der Waals surface area contributed by atoms with Crippen molar-refractivity contribution in [2.45, 2.75) is 13.2 Å². The van der Waals surface area contributed by atoms with Crippen molar-refractivity contribution in [1.29, 1.82) is 0 Å². The fourth-order valence-corrected chi connectivity index (χ4v) is 2.75. The fraction of sp³-hybridized carbons (Fsp3) is 0.353. The van der Waals surface area contributed by atoms with Gasteiger partial charge in [-0.2, -0.15) is 0 Å². The molecule has 1 aromatic heterocycles. The van der Waals surface area contributed by atoms with Gasteiger partial charge in [-0.05, 0) is 17.7 Å². The molecule has 0 unspecified atom stereocenters. The van der Waals surface area contributed by atoms with Crippen molar-refractivity contribution in [1.82, 2.24) is 9.88 Å². The molecule has 1 saturated heterocycles. The molecule has 1 N–H and O–H groups in total. The number of hydrogen-bond acceptors (Lipinski definition) is 4. The number of nitrogens with zero attached hydrogens (tertiary/aromatic N) is 3. The van der Waals surface area contributed by atoms with Crippen molar-refractivity contribution < 1.29 is 5.11 Å². The third-order valence-electron chi connectivity index (χ3n) is 3.95. The van der Waals surface area contributed by atoms with Crippen LogP contribution in [0.1, 0.15) is 11.3 Å². The fourth-order valence-electron chi connectivity index (χ4n) is 2.75. The molecule has 0 amide bonds. The lowest BCUT2D eigenvalue weighted by atomic mass is 10.2. The molecule has 2 aromatic rings. The zero-order valence-electron chi connectivity index (χ0n) is 12.2. The highest BCUT2D eigenvalue weighted by Crippen LogP contribution is 2.17. The first-order valence-corrected chi connectivity index (χ1v) is 7.42. The highest BCUT2D eigenvalue weighted by Gasteiger charge is 2.17. The molecule has 0 atom stereocenters. The smallest absolute Gasteiger partial charge is 0.0853 e. The number of aromatic nitrogens is 1. The van der Waals surface area contributed by atoms with Crippen LogP contribution in [-0.4, -0.2) is 41.2 Å². The zero-order chi connectivity index (χ0) is 14.5. The molecule has 1 fully saturated rings. The average molecular weight is 283 g/mol. The van der Waals surface area contributed by atoms with Gasteiger partial charge in [0.1, 0.15) is 0 Å². The molecule has 0 radical (unpaired) electrons. The van der Waals surface area contributed by atoms with E-state index in [-0.39, 0.29) is 6.61 Å². The Morgan fingerprint density at radius 2 is 1.76 bits per heavy atom. The number of aliphatic hydroxyl groups is 1. The van der Waals surface area contributed by atoms with E-state index in [1.54, 1.807) is 6.20 Å². The molecule has 1 aliphatic heterocycles. The van der Waals surface area contributed by atoms with Crippen LogP contribution in [-0.2, 0) is 13.2 Å². The minimum absolute atomic E-state index is 0.00180. The molecule has 0 aliphatic carbocycles. The highest BCUT2D eigenvalue weighted by atomic mass is 16.3. The molecule has 21 heavy (non-hydrogen) atoms. The maximum absolute atomic E-state index is 9.18. The molecule has 0 saturated carbocycles. The first kappa shape index (κ1) is 14.0. The van der Waals surface area contributed by atoms with Gasteiger partial charge in [-0.3, -0.25) is 9.88 Å². The van der Waals surface area contributed by atoms with Crippen molar-refractivity contribution in [3.63, 3.8) is 0 Å². The Morgan fingerprint density at radius 1 is 1.00 bits per heavy atom. The second-order valence-corrected chi connectivity index (χ2v) is 5.41. The summed E-state index contributed by atoms with van der Waals surface area (Å²) in [6.45, 7) is 5.18. The molecule has 1 aliphatic rings. The second-order valence-electron chi connectivity index (χ2n) is 5.41. The number of hydrogen-bond donors (Lipinski definition) is 1. The summed E-state index contributed by atoms with van der Waals surface area (Å²) >= 11 is 0. The van der Waals surface area contributed by atoms with E-state index in [0.717, 1.165) is 44.1 Å². The van der Waals surface area contributed by atoms with Gasteiger partial charge in [0.25, 0.3) is 0 Å². The molecule has 3 rings (SSSR count). The maximum Gasteiger partial charge on any atom is 0.0853 e. The second kappa shape index (κ2) is 6.70. The van der Waals surface area contributed by atoms with E-state index in [2.05, 4.69) is 45.1 Å². The van der Waals surface area contributed by atoms with Crippen molar-refractivity contribution >= 4 is 5.69 Å². The van der Waals surface area contributed by atoms with Crippen LogP contribution in [0.3, 0.4) is 0 Å². The van der Waals surface area contributed by atoms with E-state index < -0.39 is 0 Å². The Balaban J connectivity index is 1.57. The van der Waals surface area contributed by atoms with Crippen LogP contribution in [0.25, 0.3) is 0 Å². The number of pyridine rings is 1. The normalized spacial score (nSPS) is 16.1. The topological polar surface area (TPSA) is 39.6 Å². The monoisotopic (exact) mass is 283 g/mol. The molecule has 0 bridgehead atoms. The van der Waals surface area contributed by atoms with Crippen LogP contribution >= 0.6 is 0 Å². The Morgan fingerprint density at radius 3 is 2.48 bits per heavy atom. The van der Waals surface area contributed by atoms with Gasteiger partial charge >= 0.3 is 0 Å². The van der Waals surface area contributed by atoms with Crippen LogP contribution < -0.4 is 4.90 Å². The first-order valence-electron chi connectivity index (χ1n) is 7.42. The summed E-state index contributed by atoms with van der Waals surface area (Å²) in [5.41, 5.74) is 3.27. The largest absolute Gasteiger partial charge is 0.390 e. The maximum atomic E-state index is 9.18. The standard InChI is InChI=1S/C17H21N3O/c21-14-16-12-17(6-7-18-16)20-10-8-19(9-11-20)13-15-4-2-1-3-5-15/h1-7,12,21H,8-11,13-14H2. The summed E-state index contributed by atoms with van der Waals surface area (Å²) in [6, 6.07) is 14.6. The lowest BCUT2D eigenvalue weighted by Gasteiger charge is -2.36. The van der Waals surface area contributed by atoms with Crippen molar-refractivity contribution in [2.75, 3.05) is 31.1 Å². The van der Waals surface area contributed by atoms with Gasteiger partial charge in [0.2, 0.25) is 0 Å². The molecular formula is C17H21N3O. The average Bonchev–Trinajstić information content (AvgIpc) is 2.56. The van der Waals surface area contributed by atoms with E-state index >= 15 is 0 Å². The summed E-state index contributed by atoms with van der Waals surface area (Å²) in [4.78, 5) is 8.99. The molecule has 2 heterocycles. The summed E-state index contributed by atoms with van der Waals surface area (Å²) in [5.74, 6) is 0. The van der Waals surface area contributed by atoms with Gasteiger partial charge in [0, 0.05) is 44.6 Å². The number of anilines is 1. The SMILES string of the molecule is OCc1cc(N2CCN(Cc3ccccc3)CC2)ccn1. The molecular weight excluding hydrogens is 262 g/mol. The number of benzene rings is 1. The number of rotatable bonds is 4. The summed E-state index contributed by atoms with van der Waals surface area (Å²) in [6.07, 6.45) is 1.78. The highest BCUT2D eigenvalue weighted by molar-refractivity contribution is 5.47. The Kier molecular flexibility index (Phi) is 4.48. The van der Waals surface area contributed by atoms with Gasteiger partial charge in [0.05, 0.1) is 12.3 Å². The molecule has 4 heteroatoms. The zero-order valence-corrected chi connectivity index (χ0v) is 12.2. The number of piperazine rings is 1. The van der Waals surface area contributed by atoms with Crippen LogP contribution in [0, 0.1) is 0 Å². The van der Waals surface area contributed by atoms with Gasteiger partial charge < -0.3 is 10.0 Å². The lowest BCUT2D eigenvalue weighted by molar-refractivity contribution is 0.249. The van der Waals surface area contributed by atoms with Crippen LogP contribution in [0.5, 0.6) is 0 Å². The van der Waals surface area contributed by atoms with E-state index in [9.17, 15) is 5.11 Å². The van der Waals surface area contributed by atoms with Crippen LogP contribution in [0.2, 0.25) is 0 Å². The van der Waals surface area contributed by atoms with Gasteiger partial charge in [-0.1, -0.05) is 30.3 Å². The van der Waals surface area contributed by atoms with E-state index in [1.807, 2.05) is 12.1 Å². The van der Waals surface area contributed by atoms with Crippen LogP contribution in [0.4, 0.5) is 5.69 Å². The molecule has 0 spiro atoms. The Hall–Kier alpha value is -1.91. The van der Waals surface area contributed by atoms with Crippen molar-refractivity contribution in [3.8, 4) is 0 Å². The Bertz CT molecular complexity index is 565. The summed E-state index contributed by atoms with van der Waals surface area (Å²) < 4.78 is 0. The third-order valence-corrected chi connectivity index (χ3v) is 3.95. The van der Waals surface area contributed by atoms with Gasteiger partial charge in [0.15, 0.2) is 0 Å². The van der Waals surface area contributed by atoms with Crippen LogP contribution in [0.15, 0.2) is 48.7 Å². The molecule has 1 aromatic carbocycles. The van der Waals surface area contributed by atoms with E-state index in [4.69, 9.17) is 0 Å². The van der Waals surface area contributed by atoms with Crippen molar-refractivity contribution in [2.24, 2.45) is 0 Å². The lowest BCUT2D eigenvalue weighted by Crippen LogP contribution is -2.46. The minimum atomic E-state index is 0.00180. The van der Waals surface area contributed by atoms with E-state index in [0.29, 0.717) is 0 Å². The van der Waals surface area contributed by atoms with Gasteiger partial charge in [-0.25, -0.2) is 0 Å². The quantitative estimate of drug-likeness (QED) is 0.930. The van der Waals surface area contributed by atoms with Gasteiger partial charge in [-0.15, -0.1) is 0 Å². The predicted molar refractivity (Wildman–Crippen MR) is 84.1 cm³/mol. The molecule has 4 nitrogen and oxygen atoms in total. The summed E-state index contributed by atoms with van der Waals surface area (Å²) in [5, 5.41) is 9.18. The third kappa shape index (κ3) is 3.60. The molecule has 110 valence electrons. The minimum Gasteiger partial charge on any atom is -0.390 e. The summed E-state index contributed by atoms with van der Waals surface area (Å²) in [7, 11) is 0. The van der Waals surface area contributed by atoms with E-state index in [1.165, 1.54) is 5.56 Å².